The molecule has 9 heteroatoms. The Morgan fingerprint density at radius 1 is 1.13 bits per heavy atom. The van der Waals surface area contributed by atoms with Gasteiger partial charge in [-0.05, 0) is 42.7 Å². The van der Waals surface area contributed by atoms with Gasteiger partial charge in [-0.15, -0.1) is 10.2 Å². The molecule has 1 atom stereocenters. The second-order valence-electron chi connectivity index (χ2n) is 7.14. The summed E-state index contributed by atoms with van der Waals surface area (Å²) in [7, 11) is 0. The topological polar surface area (TPSA) is 90.8 Å². The molecule has 0 spiro atoms. The first-order valence-corrected chi connectivity index (χ1v) is 11.0. The van der Waals surface area contributed by atoms with E-state index in [-0.39, 0.29) is 17.7 Å². The fraction of sp³-hybridized carbons (Fsp3) is 0.381. The molecular formula is C21H21N3O5S. The Hall–Kier alpha value is -2.94. The number of fused-ring (bicyclic) bond motifs is 1. The van der Waals surface area contributed by atoms with Crippen molar-refractivity contribution in [2.45, 2.75) is 30.5 Å². The Kier molecular flexibility index (Phi) is 5.35. The Morgan fingerprint density at radius 3 is 2.90 bits per heavy atom. The van der Waals surface area contributed by atoms with Crippen LogP contribution in [-0.2, 0) is 4.79 Å². The van der Waals surface area contributed by atoms with Gasteiger partial charge in [0.25, 0.3) is 11.1 Å². The molecule has 0 radical (unpaired) electrons. The van der Waals surface area contributed by atoms with E-state index in [2.05, 4.69) is 10.2 Å². The van der Waals surface area contributed by atoms with Crippen LogP contribution in [0, 0.1) is 0 Å². The average Bonchev–Trinajstić information content (AvgIpc) is 3.51. The Bertz CT molecular complexity index is 1020. The Labute approximate surface area is 177 Å². The molecular weight excluding hydrogens is 406 g/mol. The van der Waals surface area contributed by atoms with Gasteiger partial charge in [-0.3, -0.25) is 4.79 Å². The van der Waals surface area contributed by atoms with Gasteiger partial charge in [0.15, 0.2) is 17.3 Å². The number of aromatic nitrogens is 2. The first-order chi connectivity index (χ1) is 14.8. The molecule has 0 N–H and O–H groups in total. The standard InChI is InChI=1S/C21H21N3O5S/c25-19(13-30-21-23-22-20(29-21)17-5-2-9-27-17)24-8-1-4-15(24)14-6-7-16-18(12-14)28-11-3-10-26-16/h2,5-7,9,12,15H,1,3-4,8,10-11,13H2/t15-/m0/s1. The van der Waals surface area contributed by atoms with Crippen molar-refractivity contribution >= 4 is 17.7 Å². The zero-order chi connectivity index (χ0) is 20.3. The van der Waals surface area contributed by atoms with Gasteiger partial charge in [-0.1, -0.05) is 17.8 Å². The quantitative estimate of drug-likeness (QED) is 0.566. The lowest BCUT2D eigenvalue weighted by Gasteiger charge is -2.25. The maximum atomic E-state index is 12.9. The van der Waals surface area contributed by atoms with Gasteiger partial charge in [0.2, 0.25) is 5.91 Å². The third-order valence-electron chi connectivity index (χ3n) is 5.19. The van der Waals surface area contributed by atoms with Crippen molar-refractivity contribution in [1.82, 2.24) is 15.1 Å². The third kappa shape index (κ3) is 3.89. The molecule has 2 aliphatic rings. The van der Waals surface area contributed by atoms with E-state index in [1.54, 1.807) is 18.4 Å². The van der Waals surface area contributed by atoms with Gasteiger partial charge in [-0.25, -0.2) is 0 Å². The number of thioether (sulfide) groups is 1. The largest absolute Gasteiger partial charge is 0.490 e. The number of rotatable bonds is 5. The lowest BCUT2D eigenvalue weighted by molar-refractivity contribution is -0.129. The van der Waals surface area contributed by atoms with Crippen molar-refractivity contribution in [3.8, 4) is 23.1 Å². The van der Waals surface area contributed by atoms with E-state index in [0.29, 0.717) is 30.1 Å². The van der Waals surface area contributed by atoms with E-state index in [0.717, 1.165) is 42.9 Å². The summed E-state index contributed by atoms with van der Waals surface area (Å²) in [5, 5.41) is 8.30. The van der Waals surface area contributed by atoms with Crippen LogP contribution in [-0.4, -0.2) is 46.5 Å². The van der Waals surface area contributed by atoms with E-state index in [9.17, 15) is 4.79 Å². The van der Waals surface area contributed by atoms with Crippen LogP contribution in [0.15, 0.2) is 50.7 Å². The van der Waals surface area contributed by atoms with Crippen LogP contribution >= 0.6 is 11.8 Å². The van der Waals surface area contributed by atoms with Gasteiger partial charge < -0.3 is 23.2 Å². The maximum absolute atomic E-state index is 12.9. The zero-order valence-electron chi connectivity index (χ0n) is 16.3. The van der Waals surface area contributed by atoms with Gasteiger partial charge in [0, 0.05) is 13.0 Å². The molecule has 0 saturated carbocycles. The highest BCUT2D eigenvalue weighted by Crippen LogP contribution is 2.38. The molecule has 2 aromatic heterocycles. The minimum Gasteiger partial charge on any atom is -0.490 e. The van der Waals surface area contributed by atoms with Crippen molar-refractivity contribution in [2.75, 3.05) is 25.5 Å². The van der Waals surface area contributed by atoms with Crippen LogP contribution in [0.4, 0.5) is 0 Å². The number of amides is 1. The molecule has 0 unspecified atom stereocenters. The van der Waals surface area contributed by atoms with Gasteiger partial charge in [0.1, 0.15) is 0 Å². The molecule has 156 valence electrons. The number of carbonyl (C=O) groups is 1. The van der Waals surface area contributed by atoms with Crippen LogP contribution in [0.1, 0.15) is 30.9 Å². The fourth-order valence-corrected chi connectivity index (χ4v) is 4.42. The second kappa shape index (κ2) is 8.43. The summed E-state index contributed by atoms with van der Waals surface area (Å²) in [6.45, 7) is 2.04. The number of hydrogen-bond donors (Lipinski definition) is 0. The summed E-state index contributed by atoms with van der Waals surface area (Å²) < 4.78 is 22.4. The van der Waals surface area contributed by atoms with Gasteiger partial charge >= 0.3 is 0 Å². The number of ether oxygens (including phenoxy) is 2. The molecule has 0 bridgehead atoms. The molecule has 2 aliphatic heterocycles. The minimum atomic E-state index is 0.0385. The highest BCUT2D eigenvalue weighted by atomic mass is 32.2. The average molecular weight is 427 g/mol. The molecule has 3 aromatic rings. The number of hydrogen-bond acceptors (Lipinski definition) is 8. The summed E-state index contributed by atoms with van der Waals surface area (Å²) in [6, 6.07) is 9.53. The first kappa shape index (κ1) is 19.0. The van der Waals surface area contributed by atoms with Crippen LogP contribution in [0.2, 0.25) is 0 Å². The smallest absolute Gasteiger partial charge is 0.284 e. The molecule has 8 nitrogen and oxygen atoms in total. The van der Waals surface area contributed by atoms with E-state index >= 15 is 0 Å². The predicted octanol–water partition coefficient (Wildman–Crippen LogP) is 3.95. The fourth-order valence-electron chi connectivity index (χ4n) is 3.77. The van der Waals surface area contributed by atoms with E-state index < -0.39 is 0 Å². The SMILES string of the molecule is O=C(CSc1nnc(-c2ccco2)o1)N1CCC[C@H]1c1ccc2c(c1)OCCCO2. The van der Waals surface area contributed by atoms with E-state index in [4.69, 9.17) is 18.3 Å². The summed E-state index contributed by atoms with van der Waals surface area (Å²) in [6.07, 6.45) is 4.31. The molecule has 30 heavy (non-hydrogen) atoms. The predicted molar refractivity (Wildman–Crippen MR) is 108 cm³/mol. The molecule has 1 aromatic carbocycles. The second-order valence-corrected chi connectivity index (χ2v) is 8.07. The highest BCUT2D eigenvalue weighted by molar-refractivity contribution is 7.99. The number of carbonyl (C=O) groups excluding carboxylic acids is 1. The van der Waals surface area contributed by atoms with Crippen LogP contribution in [0.5, 0.6) is 11.5 Å². The van der Waals surface area contributed by atoms with Crippen molar-refractivity contribution in [2.24, 2.45) is 0 Å². The molecule has 0 aliphatic carbocycles. The number of furan rings is 1. The summed E-state index contributed by atoms with van der Waals surface area (Å²) in [5.74, 6) is 2.63. The summed E-state index contributed by atoms with van der Waals surface area (Å²) >= 11 is 1.24. The van der Waals surface area contributed by atoms with Crippen LogP contribution < -0.4 is 9.47 Å². The number of likely N-dealkylation sites (tertiary alicyclic amines) is 1. The molecule has 5 rings (SSSR count). The molecule has 1 saturated heterocycles. The van der Waals surface area contributed by atoms with Crippen LogP contribution in [0.25, 0.3) is 11.7 Å². The molecule has 1 fully saturated rings. The number of nitrogens with zero attached hydrogens (tertiary/aromatic N) is 3. The minimum absolute atomic E-state index is 0.0385. The maximum Gasteiger partial charge on any atom is 0.284 e. The van der Waals surface area contributed by atoms with Crippen molar-refractivity contribution < 1.29 is 23.1 Å². The van der Waals surface area contributed by atoms with E-state index in [1.165, 1.54) is 11.8 Å². The van der Waals surface area contributed by atoms with Crippen molar-refractivity contribution in [1.29, 1.82) is 0 Å². The lowest BCUT2D eigenvalue weighted by Crippen LogP contribution is -2.32. The first-order valence-electron chi connectivity index (χ1n) is 9.97. The van der Waals surface area contributed by atoms with Gasteiger partial charge in [0.05, 0.1) is 31.3 Å². The van der Waals surface area contributed by atoms with Crippen molar-refractivity contribution in [3.05, 3.63) is 42.2 Å². The molecule has 4 heterocycles. The third-order valence-corrected chi connectivity index (χ3v) is 5.99. The summed E-state index contributed by atoms with van der Waals surface area (Å²) in [5.41, 5.74) is 1.08. The van der Waals surface area contributed by atoms with Gasteiger partial charge in [-0.2, -0.15) is 0 Å². The zero-order valence-corrected chi connectivity index (χ0v) is 17.1. The van der Waals surface area contributed by atoms with Crippen molar-refractivity contribution in [3.63, 3.8) is 0 Å². The Morgan fingerprint density at radius 2 is 2.03 bits per heavy atom. The number of benzene rings is 1. The lowest BCUT2D eigenvalue weighted by atomic mass is 10.0. The van der Waals surface area contributed by atoms with E-state index in [1.807, 2.05) is 23.1 Å². The normalized spacial score (nSPS) is 18.4. The molecule has 1 amide bonds. The summed E-state index contributed by atoms with van der Waals surface area (Å²) in [4.78, 5) is 14.8. The highest BCUT2D eigenvalue weighted by Gasteiger charge is 2.31. The van der Waals surface area contributed by atoms with Crippen LogP contribution in [0.3, 0.4) is 0 Å². The Balaban J connectivity index is 1.25. The monoisotopic (exact) mass is 427 g/mol.